The number of benzene rings is 7. The fraction of sp³-hybridized carbons (Fsp3) is 0. The summed E-state index contributed by atoms with van der Waals surface area (Å²) in [6.07, 6.45) is 3.74. The number of pyridine rings is 1. The molecular weight excluding hydrogens is 607 g/mol. The van der Waals surface area contributed by atoms with Crippen LogP contribution in [0.5, 0.6) is 0 Å². The Morgan fingerprint density at radius 3 is 1.44 bits per heavy atom. The Morgan fingerprint density at radius 2 is 0.800 bits per heavy atom. The predicted molar refractivity (Wildman–Crippen MR) is 209 cm³/mol. The number of rotatable bonds is 5. The molecule has 0 aliphatic rings. The van der Waals surface area contributed by atoms with Gasteiger partial charge in [0.15, 0.2) is 0 Å². The van der Waals surface area contributed by atoms with E-state index in [0.717, 1.165) is 22.5 Å². The SMILES string of the molecule is c1ccc(-c2ccc(-n3c4ccccc4c4cc(-c5ccc6c(c5)c5ccccc5n6-c5cccc(-c6cccnc6)c5)ccc43)cc2)cc1. The molecule has 10 rings (SSSR count). The highest BCUT2D eigenvalue weighted by atomic mass is 15.0. The van der Waals surface area contributed by atoms with Crippen LogP contribution in [0.4, 0.5) is 0 Å². The highest BCUT2D eigenvalue weighted by molar-refractivity contribution is 6.12. The Hall–Kier alpha value is -6.71. The summed E-state index contributed by atoms with van der Waals surface area (Å²) < 4.78 is 4.77. The number of aromatic nitrogens is 3. The summed E-state index contributed by atoms with van der Waals surface area (Å²) in [5.41, 5.74) is 14.2. The molecule has 3 heterocycles. The Labute approximate surface area is 290 Å². The van der Waals surface area contributed by atoms with E-state index in [1.165, 1.54) is 65.9 Å². The molecule has 0 atom stereocenters. The van der Waals surface area contributed by atoms with E-state index in [-0.39, 0.29) is 0 Å². The normalized spacial score (nSPS) is 11.6. The third-order valence-corrected chi connectivity index (χ3v) is 10.0. The van der Waals surface area contributed by atoms with E-state index in [0.29, 0.717) is 0 Å². The van der Waals surface area contributed by atoms with Crippen molar-refractivity contribution in [3.8, 4) is 44.8 Å². The van der Waals surface area contributed by atoms with Crippen molar-refractivity contribution >= 4 is 43.6 Å². The minimum atomic E-state index is 1.11. The van der Waals surface area contributed by atoms with Crippen LogP contribution < -0.4 is 0 Å². The molecule has 0 saturated carbocycles. The zero-order valence-electron chi connectivity index (χ0n) is 27.2. The molecular formula is C47H31N3. The molecule has 0 aliphatic heterocycles. The van der Waals surface area contributed by atoms with Crippen molar-refractivity contribution in [2.24, 2.45) is 0 Å². The lowest BCUT2D eigenvalue weighted by molar-refractivity contribution is 1.18. The minimum Gasteiger partial charge on any atom is -0.309 e. The highest BCUT2D eigenvalue weighted by Gasteiger charge is 2.16. The second-order valence-corrected chi connectivity index (χ2v) is 12.9. The summed E-state index contributed by atoms with van der Waals surface area (Å²) in [6, 6.07) is 63.6. The lowest BCUT2D eigenvalue weighted by Crippen LogP contribution is -1.94. The number of hydrogen-bond donors (Lipinski definition) is 0. The Bertz CT molecular complexity index is 2840. The highest BCUT2D eigenvalue weighted by Crippen LogP contribution is 2.39. The molecule has 50 heavy (non-hydrogen) atoms. The van der Waals surface area contributed by atoms with Gasteiger partial charge in [0.05, 0.1) is 22.1 Å². The monoisotopic (exact) mass is 637 g/mol. The Balaban J connectivity index is 1.10. The van der Waals surface area contributed by atoms with Crippen LogP contribution in [0, 0.1) is 0 Å². The van der Waals surface area contributed by atoms with Gasteiger partial charge in [-0.25, -0.2) is 0 Å². The minimum absolute atomic E-state index is 1.11. The zero-order chi connectivity index (χ0) is 33.0. The quantitative estimate of drug-likeness (QED) is 0.184. The molecule has 3 aromatic heterocycles. The predicted octanol–water partition coefficient (Wildman–Crippen LogP) is 12.3. The summed E-state index contributed by atoms with van der Waals surface area (Å²) >= 11 is 0. The van der Waals surface area contributed by atoms with E-state index < -0.39 is 0 Å². The van der Waals surface area contributed by atoms with Crippen molar-refractivity contribution in [3.63, 3.8) is 0 Å². The van der Waals surface area contributed by atoms with Gasteiger partial charge in [-0.15, -0.1) is 0 Å². The van der Waals surface area contributed by atoms with Crippen LogP contribution in [-0.4, -0.2) is 14.1 Å². The van der Waals surface area contributed by atoms with E-state index in [2.05, 4.69) is 184 Å². The van der Waals surface area contributed by atoms with Crippen LogP contribution in [0.25, 0.3) is 88.4 Å². The summed E-state index contributed by atoms with van der Waals surface area (Å²) in [5.74, 6) is 0. The van der Waals surface area contributed by atoms with Gasteiger partial charge in [-0.3, -0.25) is 4.98 Å². The maximum Gasteiger partial charge on any atom is 0.0541 e. The summed E-state index contributed by atoms with van der Waals surface area (Å²) in [4.78, 5) is 4.35. The molecule has 0 aliphatic carbocycles. The first-order valence-electron chi connectivity index (χ1n) is 17.0. The average molecular weight is 638 g/mol. The standard InChI is InChI=1S/C47H31N3/c1-2-10-32(11-3-1)33-19-23-38(24-20-33)49-44-17-6-4-15-40(44)42-29-35(21-25-46(42)49)36-22-26-47-43(30-36)41-16-5-7-18-45(41)50(47)39-14-8-12-34(28-39)37-13-9-27-48-31-37/h1-31H. The van der Waals surface area contributed by atoms with E-state index in [9.17, 15) is 0 Å². The van der Waals surface area contributed by atoms with Crippen molar-refractivity contribution in [2.75, 3.05) is 0 Å². The molecule has 3 heteroatoms. The van der Waals surface area contributed by atoms with Gasteiger partial charge >= 0.3 is 0 Å². The zero-order valence-corrected chi connectivity index (χ0v) is 27.2. The van der Waals surface area contributed by atoms with Crippen molar-refractivity contribution in [2.45, 2.75) is 0 Å². The van der Waals surface area contributed by atoms with Gasteiger partial charge in [0.1, 0.15) is 0 Å². The maximum absolute atomic E-state index is 4.35. The molecule has 0 saturated heterocycles. The summed E-state index contributed by atoms with van der Waals surface area (Å²) in [7, 11) is 0. The van der Waals surface area contributed by atoms with Crippen molar-refractivity contribution in [3.05, 3.63) is 188 Å². The lowest BCUT2D eigenvalue weighted by atomic mass is 10.0. The first-order valence-corrected chi connectivity index (χ1v) is 17.0. The Morgan fingerprint density at radius 1 is 0.300 bits per heavy atom. The van der Waals surface area contributed by atoms with Gasteiger partial charge in [0.2, 0.25) is 0 Å². The van der Waals surface area contributed by atoms with Crippen molar-refractivity contribution in [1.29, 1.82) is 0 Å². The van der Waals surface area contributed by atoms with Crippen LogP contribution in [0.15, 0.2) is 188 Å². The maximum atomic E-state index is 4.35. The van der Waals surface area contributed by atoms with Crippen LogP contribution in [-0.2, 0) is 0 Å². The largest absolute Gasteiger partial charge is 0.309 e. The van der Waals surface area contributed by atoms with Gasteiger partial charge in [0, 0.05) is 50.9 Å². The van der Waals surface area contributed by atoms with E-state index >= 15 is 0 Å². The van der Waals surface area contributed by atoms with Gasteiger partial charge in [-0.1, -0.05) is 109 Å². The third kappa shape index (κ3) is 4.56. The first kappa shape index (κ1) is 28.3. The topological polar surface area (TPSA) is 22.8 Å². The van der Waals surface area contributed by atoms with Gasteiger partial charge in [-0.2, -0.15) is 0 Å². The molecule has 7 aromatic carbocycles. The van der Waals surface area contributed by atoms with Crippen LogP contribution in [0.1, 0.15) is 0 Å². The van der Waals surface area contributed by atoms with Gasteiger partial charge in [0.25, 0.3) is 0 Å². The third-order valence-electron chi connectivity index (χ3n) is 10.0. The molecule has 234 valence electrons. The number of fused-ring (bicyclic) bond motifs is 6. The molecule has 0 unspecified atom stereocenters. The second kappa shape index (κ2) is 11.5. The summed E-state index contributed by atoms with van der Waals surface area (Å²) in [6.45, 7) is 0. The second-order valence-electron chi connectivity index (χ2n) is 12.9. The average Bonchev–Trinajstić information content (AvgIpc) is 3.71. The molecule has 0 fully saturated rings. The number of para-hydroxylation sites is 2. The van der Waals surface area contributed by atoms with E-state index in [1.807, 2.05) is 18.5 Å². The van der Waals surface area contributed by atoms with Gasteiger partial charge < -0.3 is 9.13 Å². The van der Waals surface area contributed by atoms with Gasteiger partial charge in [-0.05, 0) is 94.5 Å². The molecule has 0 bridgehead atoms. The molecule has 0 radical (unpaired) electrons. The molecule has 0 N–H and O–H groups in total. The first-order chi connectivity index (χ1) is 24.8. The lowest BCUT2D eigenvalue weighted by Gasteiger charge is -2.11. The fourth-order valence-electron chi connectivity index (χ4n) is 7.65. The van der Waals surface area contributed by atoms with E-state index in [1.54, 1.807) is 0 Å². The number of nitrogens with zero attached hydrogens (tertiary/aromatic N) is 3. The Kier molecular flexibility index (Phi) is 6.49. The van der Waals surface area contributed by atoms with Crippen LogP contribution in [0.2, 0.25) is 0 Å². The van der Waals surface area contributed by atoms with Crippen molar-refractivity contribution in [1.82, 2.24) is 14.1 Å². The van der Waals surface area contributed by atoms with Crippen LogP contribution in [0.3, 0.4) is 0 Å². The van der Waals surface area contributed by atoms with E-state index in [4.69, 9.17) is 0 Å². The van der Waals surface area contributed by atoms with Crippen molar-refractivity contribution < 1.29 is 0 Å². The molecule has 0 spiro atoms. The number of hydrogen-bond acceptors (Lipinski definition) is 1. The molecule has 3 nitrogen and oxygen atoms in total. The van der Waals surface area contributed by atoms with Crippen LogP contribution >= 0.6 is 0 Å². The smallest absolute Gasteiger partial charge is 0.0541 e. The molecule has 10 aromatic rings. The molecule has 0 amide bonds. The summed E-state index contributed by atoms with van der Waals surface area (Å²) in [5, 5.41) is 4.99. The fourth-order valence-corrected chi connectivity index (χ4v) is 7.65.